The second kappa shape index (κ2) is 14.9. The Balaban J connectivity index is 2.90. The fourth-order valence-electron chi connectivity index (χ4n) is 1.34. The lowest BCUT2D eigenvalue weighted by Crippen LogP contribution is -2.25. The van der Waals surface area contributed by atoms with Crippen LogP contribution >= 0.6 is 0 Å². The van der Waals surface area contributed by atoms with E-state index in [1.165, 1.54) is 0 Å². The maximum absolute atomic E-state index is 8.32. The molecular formula is C12H23N5. The SMILES string of the molecule is N#CCCNCCCNCCCNCCC#N. The van der Waals surface area contributed by atoms with Crippen LogP contribution in [0, 0.1) is 22.7 Å². The van der Waals surface area contributed by atoms with Crippen molar-refractivity contribution in [2.24, 2.45) is 0 Å². The third kappa shape index (κ3) is 14.9. The summed E-state index contributed by atoms with van der Waals surface area (Å²) in [7, 11) is 0. The molecule has 0 heterocycles. The summed E-state index contributed by atoms with van der Waals surface area (Å²) in [4.78, 5) is 0. The quantitative estimate of drug-likeness (QED) is 0.427. The number of nitrogens with one attached hydrogen (secondary N) is 3. The van der Waals surface area contributed by atoms with Gasteiger partial charge in [0.05, 0.1) is 12.1 Å². The largest absolute Gasteiger partial charge is 0.317 e. The van der Waals surface area contributed by atoms with Crippen molar-refractivity contribution in [2.75, 3.05) is 39.3 Å². The standard InChI is InChI=1S/C12H23N5/c13-5-1-7-15-9-3-11-17-12-4-10-16-8-2-6-14/h15-17H,1-4,7-12H2. The fraction of sp³-hybridized carbons (Fsp3) is 0.833. The van der Waals surface area contributed by atoms with Crippen molar-refractivity contribution in [3.63, 3.8) is 0 Å². The molecule has 0 amide bonds. The van der Waals surface area contributed by atoms with Gasteiger partial charge in [0.1, 0.15) is 0 Å². The molecule has 96 valence electrons. The van der Waals surface area contributed by atoms with Gasteiger partial charge in [-0.25, -0.2) is 0 Å². The summed E-state index contributed by atoms with van der Waals surface area (Å²) in [6.07, 6.45) is 3.35. The zero-order valence-electron chi connectivity index (χ0n) is 10.5. The van der Waals surface area contributed by atoms with Crippen molar-refractivity contribution in [3.8, 4) is 12.1 Å². The fourth-order valence-corrected chi connectivity index (χ4v) is 1.34. The average Bonchev–Trinajstić information content (AvgIpc) is 2.35. The summed E-state index contributed by atoms with van der Waals surface area (Å²) < 4.78 is 0. The van der Waals surface area contributed by atoms with Crippen LogP contribution in [0.25, 0.3) is 0 Å². The highest BCUT2D eigenvalue weighted by Gasteiger charge is 1.90. The Labute approximate surface area is 104 Å². The first-order valence-electron chi connectivity index (χ1n) is 6.28. The highest BCUT2D eigenvalue weighted by atomic mass is 14.9. The summed E-state index contributed by atoms with van der Waals surface area (Å²) in [5.74, 6) is 0. The first-order chi connectivity index (χ1) is 8.41. The molecule has 0 aromatic rings. The molecule has 0 aliphatic heterocycles. The molecular weight excluding hydrogens is 214 g/mol. The summed E-state index contributed by atoms with van der Waals surface area (Å²) in [6.45, 7) is 5.54. The molecule has 17 heavy (non-hydrogen) atoms. The Morgan fingerprint density at radius 1 is 0.588 bits per heavy atom. The molecule has 0 rings (SSSR count). The van der Waals surface area contributed by atoms with E-state index in [1.54, 1.807) is 0 Å². The van der Waals surface area contributed by atoms with Gasteiger partial charge in [0.15, 0.2) is 0 Å². The Morgan fingerprint density at radius 2 is 0.941 bits per heavy atom. The normalized spacial score (nSPS) is 9.76. The highest BCUT2D eigenvalue weighted by molar-refractivity contribution is 4.70. The molecule has 0 aromatic carbocycles. The predicted molar refractivity (Wildman–Crippen MR) is 68.3 cm³/mol. The van der Waals surface area contributed by atoms with Gasteiger partial charge in [0, 0.05) is 25.9 Å². The van der Waals surface area contributed by atoms with Crippen molar-refractivity contribution in [3.05, 3.63) is 0 Å². The molecule has 5 nitrogen and oxygen atoms in total. The van der Waals surface area contributed by atoms with Crippen LogP contribution < -0.4 is 16.0 Å². The van der Waals surface area contributed by atoms with Crippen LogP contribution in [0.1, 0.15) is 25.7 Å². The maximum atomic E-state index is 8.32. The average molecular weight is 237 g/mol. The number of hydrogen-bond acceptors (Lipinski definition) is 5. The molecule has 0 radical (unpaired) electrons. The molecule has 0 saturated carbocycles. The minimum absolute atomic E-state index is 0.585. The highest BCUT2D eigenvalue weighted by Crippen LogP contribution is 1.78. The van der Waals surface area contributed by atoms with Crippen LogP contribution in [-0.2, 0) is 0 Å². The van der Waals surface area contributed by atoms with Gasteiger partial charge in [-0.2, -0.15) is 10.5 Å². The predicted octanol–water partition coefficient (Wildman–Crippen LogP) is 0.363. The van der Waals surface area contributed by atoms with E-state index in [9.17, 15) is 0 Å². The zero-order chi connectivity index (χ0) is 12.6. The maximum Gasteiger partial charge on any atom is 0.0635 e. The molecule has 0 spiro atoms. The minimum Gasteiger partial charge on any atom is -0.317 e. The molecule has 3 N–H and O–H groups in total. The lowest BCUT2D eigenvalue weighted by atomic mass is 10.3. The first kappa shape index (κ1) is 15.9. The monoisotopic (exact) mass is 237 g/mol. The van der Waals surface area contributed by atoms with Crippen LogP contribution in [0.15, 0.2) is 0 Å². The van der Waals surface area contributed by atoms with Crippen molar-refractivity contribution >= 4 is 0 Å². The van der Waals surface area contributed by atoms with Gasteiger partial charge in [0.2, 0.25) is 0 Å². The van der Waals surface area contributed by atoms with Crippen molar-refractivity contribution in [1.29, 1.82) is 10.5 Å². The molecule has 0 unspecified atom stereocenters. The Hall–Kier alpha value is -1.14. The van der Waals surface area contributed by atoms with Crippen LogP contribution in [0.3, 0.4) is 0 Å². The van der Waals surface area contributed by atoms with E-state index in [1.807, 2.05) is 0 Å². The molecule has 0 fully saturated rings. The molecule has 0 saturated heterocycles. The van der Waals surface area contributed by atoms with E-state index in [2.05, 4.69) is 28.1 Å². The Morgan fingerprint density at radius 3 is 1.29 bits per heavy atom. The van der Waals surface area contributed by atoms with E-state index in [0.29, 0.717) is 12.8 Å². The van der Waals surface area contributed by atoms with E-state index in [0.717, 1.165) is 52.1 Å². The van der Waals surface area contributed by atoms with Crippen molar-refractivity contribution in [2.45, 2.75) is 25.7 Å². The molecule has 0 aromatic heterocycles. The van der Waals surface area contributed by atoms with E-state index in [-0.39, 0.29) is 0 Å². The van der Waals surface area contributed by atoms with Crippen LogP contribution in [0.5, 0.6) is 0 Å². The van der Waals surface area contributed by atoms with Crippen LogP contribution in [0.4, 0.5) is 0 Å². The van der Waals surface area contributed by atoms with Gasteiger partial charge in [-0.3, -0.25) is 0 Å². The number of hydrogen-bond donors (Lipinski definition) is 3. The smallest absolute Gasteiger partial charge is 0.0635 e. The Bertz CT molecular complexity index is 204. The third-order valence-electron chi connectivity index (χ3n) is 2.24. The van der Waals surface area contributed by atoms with Crippen molar-refractivity contribution in [1.82, 2.24) is 16.0 Å². The van der Waals surface area contributed by atoms with Crippen LogP contribution in [-0.4, -0.2) is 39.3 Å². The lowest BCUT2D eigenvalue weighted by Gasteiger charge is -2.05. The zero-order valence-corrected chi connectivity index (χ0v) is 10.5. The summed E-state index contributed by atoms with van der Waals surface area (Å²) in [6, 6.07) is 4.20. The second-order valence-corrected chi connectivity index (χ2v) is 3.77. The molecule has 0 atom stereocenters. The summed E-state index contributed by atoms with van der Waals surface area (Å²) in [5.41, 5.74) is 0. The number of nitrogens with zero attached hydrogens (tertiary/aromatic N) is 2. The van der Waals surface area contributed by atoms with E-state index >= 15 is 0 Å². The van der Waals surface area contributed by atoms with Gasteiger partial charge in [0.25, 0.3) is 0 Å². The second-order valence-electron chi connectivity index (χ2n) is 3.77. The van der Waals surface area contributed by atoms with Gasteiger partial charge in [-0.05, 0) is 39.0 Å². The van der Waals surface area contributed by atoms with Gasteiger partial charge >= 0.3 is 0 Å². The van der Waals surface area contributed by atoms with Gasteiger partial charge in [-0.1, -0.05) is 0 Å². The van der Waals surface area contributed by atoms with E-state index in [4.69, 9.17) is 10.5 Å². The topological polar surface area (TPSA) is 83.7 Å². The van der Waals surface area contributed by atoms with Crippen molar-refractivity contribution < 1.29 is 0 Å². The number of rotatable bonds is 12. The Kier molecular flexibility index (Phi) is 13.9. The lowest BCUT2D eigenvalue weighted by molar-refractivity contribution is 0.569. The van der Waals surface area contributed by atoms with E-state index < -0.39 is 0 Å². The molecule has 5 heteroatoms. The summed E-state index contributed by atoms with van der Waals surface area (Å²) in [5, 5.41) is 26.4. The van der Waals surface area contributed by atoms with Gasteiger partial charge < -0.3 is 16.0 Å². The minimum atomic E-state index is 0.585. The third-order valence-corrected chi connectivity index (χ3v) is 2.24. The van der Waals surface area contributed by atoms with Gasteiger partial charge in [-0.15, -0.1) is 0 Å². The number of nitriles is 2. The summed E-state index contributed by atoms with van der Waals surface area (Å²) >= 11 is 0. The van der Waals surface area contributed by atoms with Crippen LogP contribution in [0.2, 0.25) is 0 Å². The molecule has 0 aliphatic rings. The molecule has 0 bridgehead atoms. The first-order valence-corrected chi connectivity index (χ1v) is 6.28. The molecule has 0 aliphatic carbocycles.